The predicted molar refractivity (Wildman–Crippen MR) is 106 cm³/mol. The summed E-state index contributed by atoms with van der Waals surface area (Å²) in [6, 6.07) is 9.65. The highest BCUT2D eigenvalue weighted by atomic mass is 35.5. The fourth-order valence-electron chi connectivity index (χ4n) is 3.53. The monoisotopic (exact) mass is 418 g/mol. The van der Waals surface area contributed by atoms with Crippen molar-refractivity contribution < 1.29 is 18.8 Å². The average molecular weight is 419 g/mol. The topological polar surface area (TPSA) is 57.7 Å². The number of benzene rings is 2. The van der Waals surface area contributed by atoms with Crippen molar-refractivity contribution in [1.82, 2.24) is 4.90 Å². The SMILES string of the molecule is O=C1CSC(=O)N1Cc1cccc(C(=O)N2CCCc3cc(Cl)cc(F)c32)c1. The molecule has 0 N–H and O–H groups in total. The third-order valence-corrected chi connectivity index (χ3v) is 5.88. The van der Waals surface area contributed by atoms with Crippen molar-refractivity contribution in [3.05, 3.63) is 63.9 Å². The van der Waals surface area contributed by atoms with Gasteiger partial charge in [-0.1, -0.05) is 35.5 Å². The number of thioether (sulfide) groups is 1. The summed E-state index contributed by atoms with van der Waals surface area (Å²) in [6.45, 7) is 0.528. The Morgan fingerprint density at radius 2 is 2.04 bits per heavy atom. The molecule has 2 aromatic carbocycles. The van der Waals surface area contributed by atoms with Crippen molar-refractivity contribution in [3.63, 3.8) is 0 Å². The van der Waals surface area contributed by atoms with E-state index in [0.29, 0.717) is 41.1 Å². The van der Waals surface area contributed by atoms with Crippen LogP contribution in [0.15, 0.2) is 36.4 Å². The molecule has 1 saturated heterocycles. The van der Waals surface area contributed by atoms with Gasteiger partial charge in [-0.05, 0) is 48.2 Å². The van der Waals surface area contributed by atoms with E-state index in [9.17, 15) is 18.8 Å². The molecule has 144 valence electrons. The highest BCUT2D eigenvalue weighted by Crippen LogP contribution is 2.34. The molecule has 5 nitrogen and oxygen atoms in total. The van der Waals surface area contributed by atoms with Crippen molar-refractivity contribution in [1.29, 1.82) is 0 Å². The number of imide groups is 1. The average Bonchev–Trinajstić information content (AvgIpc) is 2.99. The summed E-state index contributed by atoms with van der Waals surface area (Å²) < 4.78 is 14.5. The van der Waals surface area contributed by atoms with Crippen LogP contribution < -0.4 is 4.90 Å². The Morgan fingerprint density at radius 1 is 1.21 bits per heavy atom. The van der Waals surface area contributed by atoms with E-state index in [0.717, 1.165) is 11.8 Å². The Labute approximate surface area is 170 Å². The zero-order chi connectivity index (χ0) is 19.8. The lowest BCUT2D eigenvalue weighted by Crippen LogP contribution is -2.36. The number of anilines is 1. The first kappa shape index (κ1) is 19.0. The molecular weight excluding hydrogens is 403 g/mol. The molecule has 2 aliphatic heterocycles. The number of halogens is 2. The van der Waals surface area contributed by atoms with E-state index in [1.54, 1.807) is 30.3 Å². The normalized spacial score (nSPS) is 16.5. The number of hydrogen-bond acceptors (Lipinski definition) is 4. The second kappa shape index (κ2) is 7.56. The Bertz CT molecular complexity index is 981. The van der Waals surface area contributed by atoms with Crippen molar-refractivity contribution in [2.45, 2.75) is 19.4 Å². The van der Waals surface area contributed by atoms with Gasteiger partial charge < -0.3 is 4.90 Å². The van der Waals surface area contributed by atoms with Crippen LogP contribution in [0.3, 0.4) is 0 Å². The van der Waals surface area contributed by atoms with Gasteiger partial charge in [-0.15, -0.1) is 0 Å². The third kappa shape index (κ3) is 3.52. The summed E-state index contributed by atoms with van der Waals surface area (Å²) in [4.78, 5) is 39.3. The van der Waals surface area contributed by atoms with E-state index >= 15 is 0 Å². The Kier molecular flexibility index (Phi) is 5.12. The lowest BCUT2D eigenvalue weighted by atomic mass is 10.00. The second-order valence-electron chi connectivity index (χ2n) is 6.69. The van der Waals surface area contributed by atoms with E-state index in [2.05, 4.69) is 0 Å². The van der Waals surface area contributed by atoms with Crippen LogP contribution in [0, 0.1) is 5.82 Å². The van der Waals surface area contributed by atoms with Gasteiger partial charge in [0, 0.05) is 17.1 Å². The predicted octanol–water partition coefficient (Wildman–Crippen LogP) is 4.27. The number of amides is 3. The van der Waals surface area contributed by atoms with E-state index in [1.807, 2.05) is 0 Å². The molecule has 0 unspecified atom stereocenters. The van der Waals surface area contributed by atoms with Gasteiger partial charge in [0.2, 0.25) is 5.91 Å². The first-order valence-electron chi connectivity index (χ1n) is 8.80. The summed E-state index contributed by atoms with van der Waals surface area (Å²) in [5.41, 5.74) is 2.04. The molecule has 0 atom stereocenters. The fourth-order valence-corrected chi connectivity index (χ4v) is 4.48. The van der Waals surface area contributed by atoms with Crippen molar-refractivity contribution >= 4 is 46.1 Å². The maximum atomic E-state index is 14.5. The number of fused-ring (bicyclic) bond motifs is 1. The Morgan fingerprint density at radius 3 is 2.79 bits per heavy atom. The summed E-state index contributed by atoms with van der Waals surface area (Å²) >= 11 is 6.92. The molecule has 0 spiro atoms. The number of carbonyl (C=O) groups excluding carboxylic acids is 3. The number of rotatable bonds is 3. The van der Waals surface area contributed by atoms with Crippen LogP contribution in [0.25, 0.3) is 0 Å². The molecular formula is C20H16ClFN2O3S. The van der Waals surface area contributed by atoms with Gasteiger partial charge in [-0.2, -0.15) is 0 Å². The number of aryl methyl sites for hydroxylation is 1. The molecule has 0 aliphatic carbocycles. The van der Waals surface area contributed by atoms with E-state index < -0.39 is 5.82 Å². The molecule has 0 radical (unpaired) electrons. The molecule has 2 heterocycles. The first-order valence-corrected chi connectivity index (χ1v) is 10.2. The van der Waals surface area contributed by atoms with E-state index in [1.165, 1.54) is 15.9 Å². The molecule has 3 amide bonds. The maximum absolute atomic E-state index is 14.5. The van der Waals surface area contributed by atoms with Crippen LogP contribution in [-0.4, -0.2) is 34.3 Å². The number of nitrogens with zero attached hydrogens (tertiary/aromatic N) is 2. The molecule has 0 saturated carbocycles. The molecule has 0 aromatic heterocycles. The van der Waals surface area contributed by atoms with Gasteiger partial charge >= 0.3 is 0 Å². The number of hydrogen-bond donors (Lipinski definition) is 0. The van der Waals surface area contributed by atoms with Gasteiger partial charge in [0.15, 0.2) is 0 Å². The Hall–Kier alpha value is -2.38. The van der Waals surface area contributed by atoms with E-state index in [-0.39, 0.29) is 35.0 Å². The standard InChI is InChI=1S/C20H16ClFN2O3S/c21-15-8-13-5-2-6-23(18(13)16(22)9-15)19(26)14-4-1-3-12(7-14)10-24-17(25)11-28-20(24)27/h1,3-4,7-9H,2,5-6,10-11H2. The van der Waals surface area contributed by atoms with E-state index in [4.69, 9.17) is 11.6 Å². The summed E-state index contributed by atoms with van der Waals surface area (Å²) in [6.07, 6.45) is 1.37. The lowest BCUT2D eigenvalue weighted by molar-refractivity contribution is -0.125. The van der Waals surface area contributed by atoms with Crippen LogP contribution in [0.5, 0.6) is 0 Å². The second-order valence-corrected chi connectivity index (χ2v) is 8.05. The minimum absolute atomic E-state index is 0.117. The van der Waals surface area contributed by atoms with Crippen LogP contribution in [-0.2, 0) is 17.8 Å². The molecule has 0 bridgehead atoms. The van der Waals surface area contributed by atoms with Crippen LogP contribution in [0.2, 0.25) is 5.02 Å². The summed E-state index contributed by atoms with van der Waals surface area (Å²) in [7, 11) is 0. The van der Waals surface area contributed by atoms with Crippen molar-refractivity contribution in [3.8, 4) is 0 Å². The maximum Gasteiger partial charge on any atom is 0.289 e. The Balaban J connectivity index is 1.62. The zero-order valence-corrected chi connectivity index (χ0v) is 16.4. The molecule has 4 rings (SSSR count). The minimum atomic E-state index is -0.517. The minimum Gasteiger partial charge on any atom is -0.305 e. The van der Waals surface area contributed by atoms with Crippen LogP contribution in [0.1, 0.15) is 27.9 Å². The van der Waals surface area contributed by atoms with Crippen LogP contribution in [0.4, 0.5) is 14.9 Å². The van der Waals surface area contributed by atoms with Crippen LogP contribution >= 0.6 is 23.4 Å². The van der Waals surface area contributed by atoms with Gasteiger partial charge in [0.1, 0.15) is 5.82 Å². The third-order valence-electron chi connectivity index (χ3n) is 4.81. The molecule has 8 heteroatoms. The number of carbonyl (C=O) groups is 3. The molecule has 1 fully saturated rings. The lowest BCUT2D eigenvalue weighted by Gasteiger charge is -2.30. The zero-order valence-electron chi connectivity index (χ0n) is 14.8. The molecule has 2 aromatic rings. The summed E-state index contributed by atoms with van der Waals surface area (Å²) in [5, 5.41) is 0.0241. The van der Waals surface area contributed by atoms with Gasteiger partial charge in [0.05, 0.1) is 18.0 Å². The molecule has 2 aliphatic rings. The first-order chi connectivity index (χ1) is 13.4. The van der Waals surface area contributed by atoms with Crippen molar-refractivity contribution in [2.24, 2.45) is 0 Å². The highest BCUT2D eigenvalue weighted by molar-refractivity contribution is 8.14. The van der Waals surface area contributed by atoms with Gasteiger partial charge in [-0.25, -0.2) is 4.39 Å². The fraction of sp³-hybridized carbons (Fsp3) is 0.250. The quantitative estimate of drug-likeness (QED) is 0.747. The van der Waals surface area contributed by atoms with Gasteiger partial charge in [0.25, 0.3) is 11.1 Å². The molecule has 28 heavy (non-hydrogen) atoms. The highest BCUT2D eigenvalue weighted by Gasteiger charge is 2.30. The van der Waals surface area contributed by atoms with Gasteiger partial charge in [-0.3, -0.25) is 19.3 Å². The summed E-state index contributed by atoms with van der Waals surface area (Å²) in [5.74, 6) is -0.936. The largest absolute Gasteiger partial charge is 0.305 e. The van der Waals surface area contributed by atoms with Crippen molar-refractivity contribution in [2.75, 3.05) is 17.2 Å². The smallest absolute Gasteiger partial charge is 0.289 e.